The summed E-state index contributed by atoms with van der Waals surface area (Å²) in [6.45, 7) is 9.49. The number of ether oxygens (including phenoxy) is 3. The van der Waals surface area contributed by atoms with Crippen LogP contribution in [0.1, 0.15) is 57.2 Å². The van der Waals surface area contributed by atoms with Crippen molar-refractivity contribution >= 4 is 37.6 Å². The number of fused-ring (bicyclic) bond motifs is 2. The van der Waals surface area contributed by atoms with Gasteiger partial charge < -0.3 is 19.2 Å². The molecule has 0 spiro atoms. The van der Waals surface area contributed by atoms with E-state index in [0.29, 0.717) is 63.2 Å². The number of hydrogen-bond acceptors (Lipinski definition) is 7. The van der Waals surface area contributed by atoms with Crippen molar-refractivity contribution in [3.8, 4) is 22.9 Å². The predicted octanol–water partition coefficient (Wildman–Crippen LogP) is 6.04. The maximum Gasteiger partial charge on any atom is 0.266 e. The molecule has 1 aliphatic carbocycles. The third-order valence-electron chi connectivity index (χ3n) is 8.40. The highest BCUT2D eigenvalue weighted by molar-refractivity contribution is 7.89. The first kappa shape index (κ1) is 32.2. The number of aromatic nitrogens is 2. The molecular weight excluding hydrogens is 618 g/mol. The Hall–Kier alpha value is -4.77. The molecule has 10 nitrogen and oxygen atoms in total. The summed E-state index contributed by atoms with van der Waals surface area (Å²) in [6.07, 6.45) is 4.28. The van der Waals surface area contributed by atoms with Crippen LogP contribution in [0.3, 0.4) is 0 Å². The molecule has 0 unspecified atom stereocenters. The first-order chi connectivity index (χ1) is 22.3. The van der Waals surface area contributed by atoms with Crippen LogP contribution in [0.5, 0.6) is 17.2 Å². The van der Waals surface area contributed by atoms with E-state index in [-0.39, 0.29) is 17.8 Å². The minimum Gasteiger partial charge on any atom is -0.496 e. The third kappa shape index (κ3) is 5.95. The molecular formula is C36H39N3O7S. The fourth-order valence-electron chi connectivity index (χ4n) is 6.21. The van der Waals surface area contributed by atoms with Gasteiger partial charge in [-0.1, -0.05) is 30.3 Å². The molecule has 1 amide bonds. The zero-order valence-electron chi connectivity index (χ0n) is 27.3. The predicted molar refractivity (Wildman–Crippen MR) is 182 cm³/mol. The number of carbonyl (C=O) groups is 1. The molecule has 0 atom stereocenters. The number of aryl methyl sites for hydroxylation is 1. The van der Waals surface area contributed by atoms with Crippen molar-refractivity contribution < 1.29 is 27.4 Å². The van der Waals surface area contributed by atoms with Gasteiger partial charge in [0.2, 0.25) is 15.9 Å². The van der Waals surface area contributed by atoms with Gasteiger partial charge in [-0.05, 0) is 82.9 Å². The summed E-state index contributed by atoms with van der Waals surface area (Å²) in [7, 11) is -2.50. The molecule has 0 saturated heterocycles. The van der Waals surface area contributed by atoms with Gasteiger partial charge in [-0.25, -0.2) is 8.42 Å². The summed E-state index contributed by atoms with van der Waals surface area (Å²) >= 11 is 0. The highest BCUT2D eigenvalue weighted by Gasteiger charge is 2.53. The smallest absolute Gasteiger partial charge is 0.266 e. The van der Waals surface area contributed by atoms with Crippen molar-refractivity contribution in [3.63, 3.8) is 0 Å². The number of aromatic amines is 1. The average molecular weight is 658 g/mol. The van der Waals surface area contributed by atoms with E-state index in [1.165, 1.54) is 7.11 Å². The standard InChI is InChI=1S/C36H39N3O7S/c1-21(2)45-32-25-10-9-17-37-31(25)33(46-22(3)4)26-19-39(34(40)30(26)32)28-14-13-24(18-23(28)5)20-47(42,43)38-35(41)36(15-16-36)27-11-7-8-12-29(27)44-6/h7-14,17-19,21-22,37H,15-16,20H2,1-6H3,(H,38,41). The maximum absolute atomic E-state index is 14.1. The SMILES string of the molecule is COc1ccccc1C1(C(=O)NS(=O)(=O)Cc2ccc(-n3cc4c(OC(C)C)c5[nH]cccc5c(OC(C)C)c4c3=O)c(C)c2)CC1. The van der Waals surface area contributed by atoms with Gasteiger partial charge in [-0.15, -0.1) is 0 Å². The van der Waals surface area contributed by atoms with E-state index >= 15 is 0 Å². The van der Waals surface area contributed by atoms with Crippen LogP contribution in [0.2, 0.25) is 0 Å². The van der Waals surface area contributed by atoms with Gasteiger partial charge in [0.15, 0.2) is 5.75 Å². The molecule has 1 fully saturated rings. The number of hydrogen-bond donors (Lipinski definition) is 2. The van der Waals surface area contributed by atoms with Crippen molar-refractivity contribution in [1.29, 1.82) is 0 Å². The molecule has 246 valence electrons. The highest BCUT2D eigenvalue weighted by atomic mass is 32.2. The molecule has 11 heteroatoms. The summed E-state index contributed by atoms with van der Waals surface area (Å²) in [5.41, 5.74) is 1.94. The lowest BCUT2D eigenvalue weighted by Gasteiger charge is -2.18. The van der Waals surface area contributed by atoms with Crippen molar-refractivity contribution in [3.05, 3.63) is 94.0 Å². The van der Waals surface area contributed by atoms with Crippen molar-refractivity contribution in [1.82, 2.24) is 14.3 Å². The number of benzene rings is 3. The topological polar surface area (TPSA) is 129 Å². The van der Waals surface area contributed by atoms with Crippen LogP contribution >= 0.6 is 0 Å². The molecule has 2 N–H and O–H groups in total. The fourth-order valence-corrected chi connectivity index (χ4v) is 7.38. The largest absolute Gasteiger partial charge is 0.496 e. The molecule has 0 bridgehead atoms. The van der Waals surface area contributed by atoms with Crippen molar-refractivity contribution in [2.75, 3.05) is 7.11 Å². The Morgan fingerprint density at radius 1 is 0.979 bits per heavy atom. The van der Waals surface area contributed by atoms with E-state index in [1.54, 1.807) is 47.3 Å². The summed E-state index contributed by atoms with van der Waals surface area (Å²) in [4.78, 5) is 30.7. The van der Waals surface area contributed by atoms with Crippen molar-refractivity contribution in [2.45, 2.75) is 70.8 Å². The van der Waals surface area contributed by atoms with Crippen molar-refractivity contribution in [2.24, 2.45) is 0 Å². The summed E-state index contributed by atoms with van der Waals surface area (Å²) in [5.74, 6) is 0.610. The van der Waals surface area contributed by atoms with E-state index in [9.17, 15) is 18.0 Å². The Morgan fingerprint density at radius 2 is 1.68 bits per heavy atom. The molecule has 0 radical (unpaired) electrons. The summed E-state index contributed by atoms with van der Waals surface area (Å²) in [5, 5.41) is 1.74. The first-order valence-corrected chi connectivity index (χ1v) is 17.3. The summed E-state index contributed by atoms with van der Waals surface area (Å²) < 4.78 is 48.2. The number of H-pyrrole nitrogens is 1. The number of para-hydroxylation sites is 1. The fraction of sp³-hybridized carbons (Fsp3) is 0.333. The zero-order chi connectivity index (χ0) is 33.7. The minimum absolute atomic E-state index is 0.154. The van der Waals surface area contributed by atoms with E-state index in [2.05, 4.69) is 9.71 Å². The van der Waals surface area contributed by atoms with Gasteiger partial charge in [0.25, 0.3) is 5.56 Å². The second-order valence-corrected chi connectivity index (χ2v) is 14.4. The van der Waals surface area contributed by atoms with E-state index < -0.39 is 27.1 Å². The Balaban J connectivity index is 1.34. The first-order valence-electron chi connectivity index (χ1n) is 15.6. The van der Waals surface area contributed by atoms with Crippen LogP contribution in [0.4, 0.5) is 0 Å². The molecule has 6 rings (SSSR count). The molecule has 0 aliphatic heterocycles. The normalized spacial score (nSPS) is 14.1. The molecule has 3 aromatic carbocycles. The quantitative estimate of drug-likeness (QED) is 0.177. The monoisotopic (exact) mass is 657 g/mol. The Kier molecular flexibility index (Phi) is 8.29. The lowest BCUT2D eigenvalue weighted by molar-refractivity contribution is -0.121. The number of nitrogens with one attached hydrogen (secondary N) is 2. The highest BCUT2D eigenvalue weighted by Crippen LogP contribution is 2.51. The molecule has 5 aromatic rings. The second kappa shape index (κ2) is 12.1. The van der Waals surface area contributed by atoms with Crippen LogP contribution in [-0.2, 0) is 26.0 Å². The van der Waals surface area contributed by atoms with Crippen LogP contribution in [0.15, 0.2) is 71.8 Å². The number of pyridine rings is 1. The Bertz CT molecular complexity index is 2180. The third-order valence-corrected chi connectivity index (χ3v) is 9.61. The van der Waals surface area contributed by atoms with Gasteiger partial charge >= 0.3 is 0 Å². The minimum atomic E-state index is -4.03. The molecule has 2 heterocycles. The molecule has 1 saturated carbocycles. The number of nitrogens with zero attached hydrogens (tertiary/aromatic N) is 1. The van der Waals surface area contributed by atoms with E-state index in [0.717, 1.165) is 10.9 Å². The van der Waals surface area contributed by atoms with Crippen LogP contribution in [-0.4, -0.2) is 43.2 Å². The molecule has 47 heavy (non-hydrogen) atoms. The number of carbonyl (C=O) groups excluding carboxylic acids is 1. The van der Waals surface area contributed by atoms with E-state index in [1.807, 2.05) is 58.9 Å². The lowest BCUT2D eigenvalue weighted by Crippen LogP contribution is -2.39. The molecule has 1 aliphatic rings. The summed E-state index contributed by atoms with van der Waals surface area (Å²) in [6, 6.07) is 16.0. The van der Waals surface area contributed by atoms with Gasteiger partial charge in [-0.2, -0.15) is 0 Å². The Morgan fingerprint density at radius 3 is 2.34 bits per heavy atom. The van der Waals surface area contributed by atoms with Gasteiger partial charge in [0.1, 0.15) is 11.5 Å². The van der Waals surface area contributed by atoms with Crippen LogP contribution in [0.25, 0.3) is 27.4 Å². The number of rotatable bonds is 11. The number of sulfonamides is 1. The zero-order valence-corrected chi connectivity index (χ0v) is 28.2. The molecule has 2 aromatic heterocycles. The van der Waals surface area contributed by atoms with Crippen LogP contribution < -0.4 is 24.5 Å². The van der Waals surface area contributed by atoms with Gasteiger partial charge in [0, 0.05) is 23.3 Å². The lowest BCUT2D eigenvalue weighted by atomic mass is 9.94. The van der Waals surface area contributed by atoms with E-state index in [4.69, 9.17) is 14.2 Å². The van der Waals surface area contributed by atoms with Gasteiger partial charge in [0.05, 0.1) is 52.5 Å². The second-order valence-electron chi connectivity index (χ2n) is 12.6. The number of methoxy groups -OCH3 is 1. The average Bonchev–Trinajstić information content (AvgIpc) is 3.76. The maximum atomic E-state index is 14.1. The Labute approximate surface area is 273 Å². The number of amides is 1. The van der Waals surface area contributed by atoms with Crippen LogP contribution in [0, 0.1) is 6.92 Å². The van der Waals surface area contributed by atoms with Gasteiger partial charge in [-0.3, -0.25) is 18.9 Å².